The Hall–Kier alpha value is -1.33. The van der Waals surface area contributed by atoms with Crippen molar-refractivity contribution < 1.29 is 4.79 Å². The summed E-state index contributed by atoms with van der Waals surface area (Å²) >= 11 is 7.71. The zero-order valence-corrected chi connectivity index (χ0v) is 14.5. The number of carbonyl (C=O) groups excluding carboxylic acids is 1. The summed E-state index contributed by atoms with van der Waals surface area (Å²) in [7, 11) is 0. The highest BCUT2D eigenvalue weighted by atomic mass is 35.5. The number of fused-ring (bicyclic) bond motifs is 1. The maximum absolute atomic E-state index is 11.4. The van der Waals surface area contributed by atoms with Crippen LogP contribution in [-0.2, 0) is 4.79 Å². The largest absolute Gasteiger partial charge is 0.351 e. The molecule has 1 aliphatic heterocycles. The van der Waals surface area contributed by atoms with Gasteiger partial charge in [0.1, 0.15) is 0 Å². The highest BCUT2D eigenvalue weighted by Gasteiger charge is 2.36. The van der Waals surface area contributed by atoms with Crippen molar-refractivity contribution in [2.24, 2.45) is 11.8 Å². The number of halogens is 1. The van der Waals surface area contributed by atoms with Crippen molar-refractivity contribution in [2.75, 3.05) is 18.0 Å². The molecule has 0 aliphatic carbocycles. The Morgan fingerprint density at radius 3 is 2.91 bits per heavy atom. The number of hydrogen-bond donors (Lipinski definition) is 1. The molecule has 0 saturated carbocycles. The lowest BCUT2D eigenvalue weighted by atomic mass is 9.91. The summed E-state index contributed by atoms with van der Waals surface area (Å²) < 4.78 is 1.10. The minimum absolute atomic E-state index is 0.0357. The first-order chi connectivity index (χ1) is 10.4. The van der Waals surface area contributed by atoms with E-state index in [0.717, 1.165) is 33.5 Å². The molecular weight excluding hydrogens is 318 g/mol. The average Bonchev–Trinajstić information content (AvgIpc) is 3.01. The van der Waals surface area contributed by atoms with Crippen molar-refractivity contribution in [1.29, 1.82) is 0 Å². The summed E-state index contributed by atoms with van der Waals surface area (Å²) in [6, 6.07) is 5.97. The zero-order valence-electron chi connectivity index (χ0n) is 13.0. The molecule has 1 amide bonds. The van der Waals surface area contributed by atoms with E-state index in [1.54, 1.807) is 18.3 Å². The summed E-state index contributed by atoms with van der Waals surface area (Å²) in [5, 5.41) is 4.84. The Labute approximate surface area is 139 Å². The third kappa shape index (κ3) is 3.06. The van der Waals surface area contributed by atoms with Gasteiger partial charge in [0.25, 0.3) is 0 Å². The van der Waals surface area contributed by atoms with Crippen molar-refractivity contribution in [3.05, 3.63) is 23.2 Å². The number of benzene rings is 1. The first-order valence-electron chi connectivity index (χ1n) is 7.52. The van der Waals surface area contributed by atoms with E-state index in [4.69, 9.17) is 16.6 Å². The lowest BCUT2D eigenvalue weighted by molar-refractivity contribution is -0.119. The van der Waals surface area contributed by atoms with Gasteiger partial charge in [-0.15, -0.1) is 0 Å². The molecular formula is C16H20ClN3OS. The smallest absolute Gasteiger partial charge is 0.217 e. The van der Waals surface area contributed by atoms with Gasteiger partial charge in [0.2, 0.25) is 5.91 Å². The van der Waals surface area contributed by atoms with Crippen LogP contribution in [0.1, 0.15) is 20.8 Å². The van der Waals surface area contributed by atoms with Gasteiger partial charge in [0, 0.05) is 31.0 Å². The molecule has 4 nitrogen and oxygen atoms in total. The minimum atomic E-state index is 0.0357. The summed E-state index contributed by atoms with van der Waals surface area (Å²) in [4.78, 5) is 18.4. The highest BCUT2D eigenvalue weighted by molar-refractivity contribution is 7.22. The van der Waals surface area contributed by atoms with Crippen molar-refractivity contribution in [2.45, 2.75) is 26.8 Å². The maximum atomic E-state index is 11.4. The van der Waals surface area contributed by atoms with Crippen molar-refractivity contribution in [3.63, 3.8) is 0 Å². The van der Waals surface area contributed by atoms with Crippen LogP contribution in [0.25, 0.3) is 10.2 Å². The van der Waals surface area contributed by atoms with E-state index in [0.29, 0.717) is 11.8 Å². The molecule has 1 N–H and O–H groups in total. The number of amides is 1. The molecule has 6 heteroatoms. The molecule has 1 aromatic heterocycles. The predicted molar refractivity (Wildman–Crippen MR) is 92.8 cm³/mol. The molecule has 3 rings (SSSR count). The Bertz CT molecular complexity index is 700. The topological polar surface area (TPSA) is 45.2 Å². The van der Waals surface area contributed by atoms with Crippen LogP contribution >= 0.6 is 22.9 Å². The van der Waals surface area contributed by atoms with Crippen LogP contribution in [0.3, 0.4) is 0 Å². The van der Waals surface area contributed by atoms with Gasteiger partial charge in [0.05, 0.1) is 16.3 Å². The van der Waals surface area contributed by atoms with Gasteiger partial charge < -0.3 is 10.2 Å². The molecule has 1 aliphatic rings. The van der Waals surface area contributed by atoms with E-state index < -0.39 is 0 Å². The lowest BCUT2D eigenvalue weighted by Gasteiger charge is -2.21. The second-order valence-electron chi connectivity index (χ2n) is 6.23. The molecule has 22 heavy (non-hydrogen) atoms. The third-order valence-electron chi connectivity index (χ3n) is 4.22. The number of nitrogens with one attached hydrogen (secondary N) is 1. The van der Waals surface area contributed by atoms with Crippen LogP contribution in [0.4, 0.5) is 5.13 Å². The molecule has 2 heterocycles. The van der Waals surface area contributed by atoms with Crippen LogP contribution in [0.5, 0.6) is 0 Å². The second kappa shape index (κ2) is 6.05. The first-order valence-corrected chi connectivity index (χ1v) is 8.71. The fraction of sp³-hybridized carbons (Fsp3) is 0.500. The summed E-state index contributed by atoms with van der Waals surface area (Å²) in [6.45, 7) is 7.74. The fourth-order valence-corrected chi connectivity index (χ4v) is 4.36. The van der Waals surface area contributed by atoms with Gasteiger partial charge in [-0.3, -0.25) is 4.79 Å². The third-order valence-corrected chi connectivity index (χ3v) is 5.53. The van der Waals surface area contributed by atoms with Crippen LogP contribution in [0, 0.1) is 11.8 Å². The van der Waals surface area contributed by atoms with Gasteiger partial charge >= 0.3 is 0 Å². The molecule has 118 valence electrons. The number of hydrogen-bond acceptors (Lipinski definition) is 4. The standard InChI is InChI=1S/C16H20ClN3OS/c1-9(2)12-7-20(8-14(12)18-10(3)21)16-19-13-5-4-11(17)6-15(13)22-16/h4-6,9,12,14H,7-8H2,1-3H3,(H,18,21)/t12-,14+/m0/s1. The van der Waals surface area contributed by atoms with Gasteiger partial charge in [-0.2, -0.15) is 0 Å². The van der Waals surface area contributed by atoms with Crippen molar-refractivity contribution in [1.82, 2.24) is 10.3 Å². The van der Waals surface area contributed by atoms with Crippen LogP contribution < -0.4 is 10.2 Å². The summed E-state index contributed by atoms with van der Waals surface area (Å²) in [5.74, 6) is 0.999. The Morgan fingerprint density at radius 2 is 2.23 bits per heavy atom. The molecule has 1 fully saturated rings. The lowest BCUT2D eigenvalue weighted by Crippen LogP contribution is -2.40. The SMILES string of the molecule is CC(=O)N[C@@H]1CN(c2nc3ccc(Cl)cc3s2)C[C@H]1C(C)C. The van der Waals surface area contributed by atoms with Crippen molar-refractivity contribution in [3.8, 4) is 0 Å². The number of nitrogens with zero attached hydrogens (tertiary/aromatic N) is 2. The van der Waals surface area contributed by atoms with E-state index in [1.807, 2.05) is 18.2 Å². The second-order valence-corrected chi connectivity index (χ2v) is 7.67. The van der Waals surface area contributed by atoms with E-state index in [9.17, 15) is 4.79 Å². The predicted octanol–water partition coefficient (Wildman–Crippen LogP) is 3.55. The Morgan fingerprint density at radius 1 is 1.45 bits per heavy atom. The number of rotatable bonds is 3. The molecule has 0 unspecified atom stereocenters. The maximum Gasteiger partial charge on any atom is 0.217 e. The number of thiazole rings is 1. The molecule has 2 aromatic rings. The van der Waals surface area contributed by atoms with Gasteiger partial charge in [-0.05, 0) is 24.1 Å². The van der Waals surface area contributed by atoms with Gasteiger partial charge in [-0.25, -0.2) is 4.98 Å². The van der Waals surface area contributed by atoms with Crippen LogP contribution in [0.15, 0.2) is 18.2 Å². The highest BCUT2D eigenvalue weighted by Crippen LogP contribution is 2.35. The average molecular weight is 338 g/mol. The number of anilines is 1. The van der Waals surface area contributed by atoms with Gasteiger partial charge in [0.15, 0.2) is 5.13 Å². The Balaban J connectivity index is 1.85. The van der Waals surface area contributed by atoms with Crippen LogP contribution in [0.2, 0.25) is 5.02 Å². The molecule has 0 bridgehead atoms. The molecule has 1 saturated heterocycles. The summed E-state index contributed by atoms with van der Waals surface area (Å²) in [5.41, 5.74) is 0.980. The molecule has 2 atom stereocenters. The van der Waals surface area contributed by atoms with Crippen LogP contribution in [-0.4, -0.2) is 30.0 Å². The first kappa shape index (κ1) is 15.6. The normalized spacial score (nSPS) is 21.8. The Kier molecular flexibility index (Phi) is 4.28. The van der Waals surface area contributed by atoms with Crippen molar-refractivity contribution >= 4 is 44.2 Å². The van der Waals surface area contributed by atoms with E-state index in [-0.39, 0.29) is 11.9 Å². The zero-order chi connectivity index (χ0) is 15.9. The van der Waals surface area contributed by atoms with Gasteiger partial charge in [-0.1, -0.05) is 36.8 Å². The minimum Gasteiger partial charge on any atom is -0.351 e. The van der Waals surface area contributed by atoms with E-state index in [2.05, 4.69) is 24.1 Å². The molecule has 0 radical (unpaired) electrons. The number of aromatic nitrogens is 1. The fourth-order valence-electron chi connectivity index (χ4n) is 3.10. The summed E-state index contributed by atoms with van der Waals surface area (Å²) in [6.07, 6.45) is 0. The molecule has 1 aromatic carbocycles. The number of carbonyl (C=O) groups is 1. The monoisotopic (exact) mass is 337 g/mol. The van der Waals surface area contributed by atoms with E-state index >= 15 is 0 Å². The van der Waals surface area contributed by atoms with E-state index in [1.165, 1.54) is 0 Å². The molecule has 0 spiro atoms. The quantitative estimate of drug-likeness (QED) is 0.931.